The monoisotopic (exact) mass is 367 g/mol. The van der Waals surface area contributed by atoms with Crippen molar-refractivity contribution in [2.75, 3.05) is 13.1 Å². The summed E-state index contributed by atoms with van der Waals surface area (Å²) in [6, 6.07) is 9.78. The van der Waals surface area contributed by atoms with Gasteiger partial charge in [-0.05, 0) is 50.2 Å². The van der Waals surface area contributed by atoms with Gasteiger partial charge < -0.3 is 4.74 Å². The Hall–Kier alpha value is -2.80. The standard InChI is InChI=1S/C20H22FN5O/c1-14-11-19(27-18-5-3-16(21)4-6-18)24-20(23-14)15-8-10-26(12-15)13-17-7-9-22-25(17)2/h3-7,9,11,15H,8,10,12-13H2,1-2H3/t15-/m1/s1. The van der Waals surface area contributed by atoms with E-state index < -0.39 is 0 Å². The third-order valence-corrected chi connectivity index (χ3v) is 4.83. The summed E-state index contributed by atoms with van der Waals surface area (Å²) in [5.41, 5.74) is 2.06. The van der Waals surface area contributed by atoms with E-state index in [1.165, 1.54) is 17.8 Å². The first kappa shape index (κ1) is 17.6. The smallest absolute Gasteiger partial charge is 0.222 e. The molecule has 0 amide bonds. The molecule has 1 saturated heterocycles. The van der Waals surface area contributed by atoms with Gasteiger partial charge in [-0.15, -0.1) is 0 Å². The molecule has 3 heterocycles. The summed E-state index contributed by atoms with van der Waals surface area (Å²) in [5, 5.41) is 4.23. The van der Waals surface area contributed by atoms with Crippen molar-refractivity contribution in [2.45, 2.75) is 25.8 Å². The summed E-state index contributed by atoms with van der Waals surface area (Å²) in [4.78, 5) is 11.6. The fraction of sp³-hybridized carbons (Fsp3) is 0.350. The van der Waals surface area contributed by atoms with E-state index in [0.29, 0.717) is 11.6 Å². The highest BCUT2D eigenvalue weighted by Gasteiger charge is 2.27. The minimum absolute atomic E-state index is 0.272. The summed E-state index contributed by atoms with van der Waals surface area (Å²) in [5.74, 6) is 1.84. The van der Waals surface area contributed by atoms with Gasteiger partial charge in [-0.1, -0.05) is 0 Å². The minimum Gasteiger partial charge on any atom is -0.439 e. The molecule has 2 aromatic heterocycles. The molecule has 1 aromatic carbocycles. The van der Waals surface area contributed by atoms with Crippen LogP contribution in [0.3, 0.4) is 0 Å². The van der Waals surface area contributed by atoms with Crippen molar-refractivity contribution in [2.24, 2.45) is 7.05 Å². The van der Waals surface area contributed by atoms with Crippen molar-refractivity contribution in [3.8, 4) is 11.6 Å². The van der Waals surface area contributed by atoms with E-state index in [4.69, 9.17) is 4.74 Å². The number of aryl methyl sites for hydroxylation is 2. The Labute approximate surface area is 157 Å². The third-order valence-electron chi connectivity index (χ3n) is 4.83. The molecular weight excluding hydrogens is 345 g/mol. The van der Waals surface area contributed by atoms with Gasteiger partial charge in [0.05, 0.1) is 5.69 Å². The summed E-state index contributed by atoms with van der Waals surface area (Å²) in [6.07, 6.45) is 2.84. The first-order chi connectivity index (χ1) is 13.1. The average Bonchev–Trinajstić information content (AvgIpc) is 3.27. The van der Waals surface area contributed by atoms with E-state index in [1.807, 2.05) is 30.9 Å². The summed E-state index contributed by atoms with van der Waals surface area (Å²) in [7, 11) is 1.96. The number of nitrogens with zero attached hydrogens (tertiary/aromatic N) is 5. The van der Waals surface area contributed by atoms with Gasteiger partial charge in [-0.25, -0.2) is 9.37 Å². The molecule has 0 unspecified atom stereocenters. The Kier molecular flexibility index (Phi) is 4.85. The minimum atomic E-state index is -0.290. The number of benzene rings is 1. The van der Waals surface area contributed by atoms with E-state index in [9.17, 15) is 4.39 Å². The Morgan fingerprint density at radius 3 is 2.74 bits per heavy atom. The number of hydrogen-bond acceptors (Lipinski definition) is 5. The van der Waals surface area contributed by atoms with Crippen LogP contribution < -0.4 is 4.74 Å². The summed E-state index contributed by atoms with van der Waals surface area (Å²) < 4.78 is 20.8. The van der Waals surface area contributed by atoms with E-state index in [-0.39, 0.29) is 11.7 Å². The molecule has 0 spiro atoms. The van der Waals surface area contributed by atoms with Crippen LogP contribution in [-0.2, 0) is 13.6 Å². The molecule has 1 atom stereocenters. The molecule has 0 N–H and O–H groups in total. The predicted octanol–water partition coefficient (Wildman–Crippen LogP) is 3.44. The van der Waals surface area contributed by atoms with Crippen LogP contribution in [0, 0.1) is 12.7 Å². The van der Waals surface area contributed by atoms with Gasteiger partial charge in [0, 0.05) is 44.0 Å². The second kappa shape index (κ2) is 7.44. The largest absolute Gasteiger partial charge is 0.439 e. The molecule has 27 heavy (non-hydrogen) atoms. The second-order valence-electron chi connectivity index (χ2n) is 6.93. The quantitative estimate of drug-likeness (QED) is 0.691. The first-order valence-corrected chi connectivity index (χ1v) is 9.05. The van der Waals surface area contributed by atoms with E-state index in [1.54, 1.807) is 18.2 Å². The van der Waals surface area contributed by atoms with Gasteiger partial charge in [0.2, 0.25) is 5.88 Å². The highest BCUT2D eigenvalue weighted by Crippen LogP contribution is 2.28. The van der Waals surface area contributed by atoms with E-state index in [2.05, 4.69) is 20.0 Å². The highest BCUT2D eigenvalue weighted by molar-refractivity contribution is 5.28. The zero-order valence-electron chi connectivity index (χ0n) is 15.5. The van der Waals surface area contributed by atoms with Crippen molar-refractivity contribution in [3.63, 3.8) is 0 Å². The van der Waals surface area contributed by atoms with E-state index in [0.717, 1.165) is 37.6 Å². The molecular formula is C20H22FN5O. The number of halogens is 1. The molecule has 0 bridgehead atoms. The topological polar surface area (TPSA) is 56.1 Å². The SMILES string of the molecule is Cc1cc(Oc2ccc(F)cc2)nc([C@@H]2CCN(Cc3ccnn3C)C2)n1. The van der Waals surface area contributed by atoms with Crippen molar-refractivity contribution >= 4 is 0 Å². The van der Waals surface area contributed by atoms with Gasteiger partial charge in [0.15, 0.2) is 0 Å². The number of ether oxygens (including phenoxy) is 1. The number of hydrogen-bond donors (Lipinski definition) is 0. The molecule has 6 nitrogen and oxygen atoms in total. The van der Waals surface area contributed by atoms with E-state index >= 15 is 0 Å². The van der Waals surface area contributed by atoms with Crippen LogP contribution in [0.4, 0.5) is 4.39 Å². The average molecular weight is 367 g/mol. The molecule has 0 saturated carbocycles. The Morgan fingerprint density at radius 2 is 2.00 bits per heavy atom. The Bertz CT molecular complexity index is 924. The fourth-order valence-corrected chi connectivity index (χ4v) is 3.39. The highest BCUT2D eigenvalue weighted by atomic mass is 19.1. The molecule has 0 aliphatic carbocycles. The second-order valence-corrected chi connectivity index (χ2v) is 6.93. The summed E-state index contributed by atoms with van der Waals surface area (Å²) in [6.45, 7) is 4.72. The molecule has 0 radical (unpaired) electrons. The Balaban J connectivity index is 1.46. The van der Waals surface area contributed by atoms with Crippen LogP contribution in [0.15, 0.2) is 42.6 Å². The van der Waals surface area contributed by atoms with Gasteiger partial charge in [-0.2, -0.15) is 10.1 Å². The Morgan fingerprint density at radius 1 is 1.19 bits per heavy atom. The number of likely N-dealkylation sites (tertiary alicyclic amines) is 1. The molecule has 140 valence electrons. The molecule has 1 aliphatic rings. The lowest BCUT2D eigenvalue weighted by Gasteiger charge is -2.16. The van der Waals surface area contributed by atoms with Crippen molar-refractivity contribution in [1.29, 1.82) is 0 Å². The molecule has 4 rings (SSSR count). The van der Waals surface area contributed by atoms with Crippen LogP contribution in [0.25, 0.3) is 0 Å². The van der Waals surface area contributed by atoms with Crippen LogP contribution in [0.5, 0.6) is 11.6 Å². The van der Waals surface area contributed by atoms with Gasteiger partial charge in [-0.3, -0.25) is 9.58 Å². The maximum atomic E-state index is 13.1. The first-order valence-electron chi connectivity index (χ1n) is 9.05. The van der Waals surface area contributed by atoms with Crippen LogP contribution in [0.1, 0.15) is 29.6 Å². The lowest BCUT2D eigenvalue weighted by Crippen LogP contribution is -2.21. The van der Waals surface area contributed by atoms with Gasteiger partial charge in [0.1, 0.15) is 17.4 Å². The van der Waals surface area contributed by atoms with Crippen molar-refractivity contribution in [1.82, 2.24) is 24.6 Å². The number of rotatable bonds is 5. The van der Waals surface area contributed by atoms with Crippen molar-refractivity contribution in [3.05, 3.63) is 65.6 Å². The zero-order valence-corrected chi connectivity index (χ0v) is 15.5. The molecule has 3 aromatic rings. The normalized spacial score (nSPS) is 17.4. The van der Waals surface area contributed by atoms with Crippen molar-refractivity contribution < 1.29 is 9.13 Å². The molecule has 7 heteroatoms. The summed E-state index contributed by atoms with van der Waals surface area (Å²) >= 11 is 0. The fourth-order valence-electron chi connectivity index (χ4n) is 3.39. The van der Waals surface area contributed by atoms with Crippen LogP contribution in [0.2, 0.25) is 0 Å². The number of aromatic nitrogens is 4. The van der Waals surface area contributed by atoms with Gasteiger partial charge >= 0.3 is 0 Å². The van der Waals surface area contributed by atoms with Crippen LogP contribution in [-0.4, -0.2) is 37.7 Å². The maximum absolute atomic E-state index is 13.1. The molecule has 1 aliphatic heterocycles. The third kappa shape index (κ3) is 4.14. The van der Waals surface area contributed by atoms with Gasteiger partial charge in [0.25, 0.3) is 0 Å². The predicted molar refractivity (Wildman–Crippen MR) is 99.1 cm³/mol. The lowest BCUT2D eigenvalue weighted by atomic mass is 10.1. The lowest BCUT2D eigenvalue weighted by molar-refractivity contribution is 0.315. The molecule has 1 fully saturated rings. The van der Waals surface area contributed by atoms with Crippen LogP contribution >= 0.6 is 0 Å². The maximum Gasteiger partial charge on any atom is 0.222 e. The zero-order chi connectivity index (χ0) is 18.8.